The molecule has 2 amide bonds. The number of anilines is 1. The molecule has 1 spiro atoms. The number of aryl methyl sites for hydroxylation is 1. The van der Waals surface area contributed by atoms with E-state index in [1.807, 2.05) is 23.1 Å². The second-order valence-electron chi connectivity index (χ2n) is 9.20. The molecule has 0 bridgehead atoms. The SMILES string of the molecule is O=C1CCCc2cc(C(=O)N3CCC4(CCN(Cc5ccccc5)C4)C3)ccc2N1. The van der Waals surface area contributed by atoms with Gasteiger partial charge in [-0.2, -0.15) is 0 Å². The van der Waals surface area contributed by atoms with Gasteiger partial charge in [0.1, 0.15) is 0 Å². The Hall–Kier alpha value is -2.66. The zero-order valence-electron chi connectivity index (χ0n) is 17.4. The minimum absolute atomic E-state index is 0.0654. The van der Waals surface area contributed by atoms with E-state index in [1.165, 1.54) is 12.0 Å². The highest BCUT2D eigenvalue weighted by Crippen LogP contribution is 2.40. The smallest absolute Gasteiger partial charge is 0.253 e. The van der Waals surface area contributed by atoms with Gasteiger partial charge in [0, 0.05) is 49.3 Å². The van der Waals surface area contributed by atoms with E-state index in [1.54, 1.807) is 0 Å². The molecule has 30 heavy (non-hydrogen) atoms. The van der Waals surface area contributed by atoms with Gasteiger partial charge >= 0.3 is 0 Å². The van der Waals surface area contributed by atoms with Crippen molar-refractivity contribution in [1.29, 1.82) is 0 Å². The first-order chi connectivity index (χ1) is 14.6. The molecule has 0 saturated carbocycles. The van der Waals surface area contributed by atoms with E-state index in [0.29, 0.717) is 6.42 Å². The van der Waals surface area contributed by atoms with Gasteiger partial charge in [-0.15, -0.1) is 0 Å². The molecule has 5 nitrogen and oxygen atoms in total. The van der Waals surface area contributed by atoms with Crippen LogP contribution in [-0.2, 0) is 17.8 Å². The summed E-state index contributed by atoms with van der Waals surface area (Å²) < 4.78 is 0. The molecule has 3 heterocycles. The topological polar surface area (TPSA) is 52.7 Å². The number of likely N-dealkylation sites (tertiary alicyclic amines) is 2. The summed E-state index contributed by atoms with van der Waals surface area (Å²) in [5.74, 6) is 0.197. The van der Waals surface area contributed by atoms with Crippen LogP contribution in [-0.4, -0.2) is 47.8 Å². The van der Waals surface area contributed by atoms with Crippen molar-refractivity contribution < 1.29 is 9.59 Å². The average Bonchev–Trinajstić information content (AvgIpc) is 3.30. The van der Waals surface area contributed by atoms with Gasteiger partial charge in [0.15, 0.2) is 0 Å². The highest BCUT2D eigenvalue weighted by Gasteiger charge is 2.44. The first kappa shape index (κ1) is 19.3. The molecular weight excluding hydrogens is 374 g/mol. The van der Waals surface area contributed by atoms with Crippen LogP contribution in [0.4, 0.5) is 5.69 Å². The molecule has 1 unspecified atom stereocenters. The summed E-state index contributed by atoms with van der Waals surface area (Å²) in [4.78, 5) is 29.6. The number of carbonyl (C=O) groups is 2. The van der Waals surface area contributed by atoms with E-state index < -0.39 is 0 Å². The lowest BCUT2D eigenvalue weighted by molar-refractivity contribution is -0.116. The Morgan fingerprint density at radius 2 is 1.83 bits per heavy atom. The summed E-state index contributed by atoms with van der Waals surface area (Å²) >= 11 is 0. The second-order valence-corrected chi connectivity index (χ2v) is 9.20. The average molecular weight is 404 g/mol. The molecule has 1 atom stereocenters. The van der Waals surface area contributed by atoms with Crippen LogP contribution in [0.2, 0.25) is 0 Å². The van der Waals surface area contributed by atoms with Crippen molar-refractivity contribution in [2.45, 2.75) is 38.6 Å². The summed E-state index contributed by atoms with van der Waals surface area (Å²) in [6.07, 6.45) is 4.48. The molecule has 156 valence electrons. The molecular formula is C25H29N3O2. The van der Waals surface area contributed by atoms with E-state index in [2.05, 4.69) is 40.5 Å². The predicted molar refractivity (Wildman–Crippen MR) is 117 cm³/mol. The van der Waals surface area contributed by atoms with Crippen LogP contribution in [0, 0.1) is 5.41 Å². The monoisotopic (exact) mass is 403 g/mol. The number of rotatable bonds is 3. The number of hydrogen-bond acceptors (Lipinski definition) is 3. The maximum atomic E-state index is 13.2. The van der Waals surface area contributed by atoms with E-state index in [0.717, 1.165) is 68.8 Å². The fourth-order valence-electron chi connectivity index (χ4n) is 5.34. The van der Waals surface area contributed by atoms with Crippen molar-refractivity contribution in [2.75, 3.05) is 31.5 Å². The van der Waals surface area contributed by atoms with Gasteiger partial charge in [-0.3, -0.25) is 14.5 Å². The Kier molecular flexibility index (Phi) is 5.07. The van der Waals surface area contributed by atoms with Crippen molar-refractivity contribution in [3.63, 3.8) is 0 Å². The third-order valence-corrected chi connectivity index (χ3v) is 6.97. The summed E-state index contributed by atoms with van der Waals surface area (Å²) in [5.41, 5.74) is 4.29. The fraction of sp³-hybridized carbons (Fsp3) is 0.440. The lowest BCUT2D eigenvalue weighted by Gasteiger charge is -2.25. The van der Waals surface area contributed by atoms with Gasteiger partial charge in [-0.1, -0.05) is 30.3 Å². The summed E-state index contributed by atoms with van der Waals surface area (Å²) in [7, 11) is 0. The van der Waals surface area contributed by atoms with Crippen LogP contribution in [0.15, 0.2) is 48.5 Å². The second kappa shape index (κ2) is 7.88. The maximum Gasteiger partial charge on any atom is 0.253 e. The Bertz CT molecular complexity index is 958. The summed E-state index contributed by atoms with van der Waals surface area (Å²) in [6, 6.07) is 16.4. The van der Waals surface area contributed by atoms with Crippen LogP contribution in [0.3, 0.4) is 0 Å². The van der Waals surface area contributed by atoms with Crippen LogP contribution < -0.4 is 5.32 Å². The fourth-order valence-corrected chi connectivity index (χ4v) is 5.34. The molecule has 3 aliphatic heterocycles. The third-order valence-electron chi connectivity index (χ3n) is 6.97. The number of nitrogens with one attached hydrogen (secondary N) is 1. The van der Waals surface area contributed by atoms with Gasteiger partial charge in [0.25, 0.3) is 5.91 Å². The largest absolute Gasteiger partial charge is 0.338 e. The van der Waals surface area contributed by atoms with E-state index in [4.69, 9.17) is 0 Å². The van der Waals surface area contributed by atoms with Crippen molar-refractivity contribution in [3.8, 4) is 0 Å². The molecule has 2 saturated heterocycles. The van der Waals surface area contributed by atoms with E-state index >= 15 is 0 Å². The first-order valence-corrected chi connectivity index (χ1v) is 11.1. The lowest BCUT2D eigenvalue weighted by atomic mass is 9.86. The Labute approximate surface area is 178 Å². The Morgan fingerprint density at radius 3 is 2.70 bits per heavy atom. The lowest BCUT2D eigenvalue weighted by Crippen LogP contribution is -2.34. The summed E-state index contributed by atoms with van der Waals surface area (Å²) in [5, 5.41) is 2.95. The molecule has 0 aromatic heterocycles. The number of hydrogen-bond donors (Lipinski definition) is 1. The highest BCUT2D eigenvalue weighted by atomic mass is 16.2. The number of benzene rings is 2. The molecule has 2 aromatic rings. The minimum Gasteiger partial charge on any atom is -0.338 e. The van der Waals surface area contributed by atoms with Gasteiger partial charge in [0.05, 0.1) is 0 Å². The van der Waals surface area contributed by atoms with Gasteiger partial charge in [-0.05, 0) is 61.6 Å². The number of amides is 2. The van der Waals surface area contributed by atoms with Crippen LogP contribution in [0.25, 0.3) is 0 Å². The van der Waals surface area contributed by atoms with Crippen molar-refractivity contribution in [3.05, 3.63) is 65.2 Å². The molecule has 3 aliphatic rings. The van der Waals surface area contributed by atoms with Crippen LogP contribution in [0.1, 0.15) is 47.2 Å². The normalized spacial score (nSPS) is 24.0. The molecule has 2 aromatic carbocycles. The van der Waals surface area contributed by atoms with Crippen molar-refractivity contribution in [1.82, 2.24) is 9.80 Å². The van der Waals surface area contributed by atoms with Crippen LogP contribution in [0.5, 0.6) is 0 Å². The van der Waals surface area contributed by atoms with E-state index in [-0.39, 0.29) is 17.2 Å². The van der Waals surface area contributed by atoms with Crippen LogP contribution >= 0.6 is 0 Å². The van der Waals surface area contributed by atoms with Gasteiger partial charge < -0.3 is 10.2 Å². The maximum absolute atomic E-state index is 13.2. The molecule has 5 rings (SSSR count). The van der Waals surface area contributed by atoms with Crippen molar-refractivity contribution >= 4 is 17.5 Å². The third kappa shape index (κ3) is 3.86. The molecule has 1 N–H and O–H groups in total. The van der Waals surface area contributed by atoms with Crippen molar-refractivity contribution in [2.24, 2.45) is 5.41 Å². The zero-order chi connectivity index (χ0) is 20.6. The summed E-state index contributed by atoms with van der Waals surface area (Å²) in [6.45, 7) is 4.86. The number of nitrogens with zero attached hydrogens (tertiary/aromatic N) is 2. The molecule has 5 heteroatoms. The van der Waals surface area contributed by atoms with Gasteiger partial charge in [-0.25, -0.2) is 0 Å². The highest BCUT2D eigenvalue weighted by molar-refractivity contribution is 5.97. The Balaban J connectivity index is 1.24. The minimum atomic E-state index is 0.0654. The van der Waals surface area contributed by atoms with E-state index in [9.17, 15) is 9.59 Å². The number of fused-ring (bicyclic) bond motifs is 1. The standard InChI is InChI=1S/C25H29N3O2/c29-23-8-4-7-20-15-21(9-10-22(20)26-23)24(30)28-14-12-25(18-28)11-13-27(17-25)16-19-5-2-1-3-6-19/h1-3,5-6,9-10,15H,4,7-8,11-14,16-18H2,(H,26,29). The Morgan fingerprint density at radius 1 is 1.00 bits per heavy atom. The predicted octanol–water partition coefficient (Wildman–Crippen LogP) is 3.70. The quantitative estimate of drug-likeness (QED) is 0.850. The zero-order valence-corrected chi connectivity index (χ0v) is 17.4. The molecule has 0 aliphatic carbocycles. The van der Waals surface area contributed by atoms with Gasteiger partial charge in [0.2, 0.25) is 5.91 Å². The molecule has 2 fully saturated rings. The number of carbonyl (C=O) groups excluding carboxylic acids is 2. The molecule has 0 radical (unpaired) electrons. The first-order valence-electron chi connectivity index (χ1n) is 11.1.